The fourth-order valence-electron chi connectivity index (χ4n) is 1.75. The van der Waals surface area contributed by atoms with Gasteiger partial charge in [0.1, 0.15) is 0 Å². The standard InChI is InChI=1S/C13H13BrN2O3S2/c1-8(16-13(17)10-6-12(14)20-7-10)9-3-2-4-11(5-9)21(15,18)19/h2-8H,1H3,(H,16,17)(H2,15,18,19). The Morgan fingerprint density at radius 1 is 1.38 bits per heavy atom. The molecule has 1 unspecified atom stereocenters. The number of carbonyl (C=O) groups excluding carboxylic acids is 1. The van der Waals surface area contributed by atoms with Crippen molar-refractivity contribution in [2.45, 2.75) is 17.9 Å². The Labute approximate surface area is 135 Å². The van der Waals surface area contributed by atoms with Crippen molar-refractivity contribution in [2.75, 3.05) is 0 Å². The van der Waals surface area contributed by atoms with Gasteiger partial charge in [0, 0.05) is 5.38 Å². The number of primary sulfonamides is 1. The molecule has 0 saturated carbocycles. The lowest BCUT2D eigenvalue weighted by molar-refractivity contribution is 0.0940. The van der Waals surface area contributed by atoms with E-state index in [1.807, 2.05) is 0 Å². The number of hydrogen-bond donors (Lipinski definition) is 2. The van der Waals surface area contributed by atoms with Crippen LogP contribution in [0.4, 0.5) is 0 Å². The molecule has 3 N–H and O–H groups in total. The highest BCUT2D eigenvalue weighted by Gasteiger charge is 2.15. The van der Waals surface area contributed by atoms with Crippen LogP contribution in [0.1, 0.15) is 28.9 Å². The second kappa shape index (κ2) is 6.27. The van der Waals surface area contributed by atoms with Gasteiger partial charge < -0.3 is 5.32 Å². The third-order valence-electron chi connectivity index (χ3n) is 2.86. The van der Waals surface area contributed by atoms with Crippen LogP contribution in [0.3, 0.4) is 0 Å². The van der Waals surface area contributed by atoms with E-state index in [2.05, 4.69) is 21.2 Å². The van der Waals surface area contributed by atoms with Crippen molar-refractivity contribution in [3.05, 3.63) is 50.6 Å². The third-order valence-corrected chi connectivity index (χ3v) is 5.28. The van der Waals surface area contributed by atoms with E-state index in [0.717, 1.165) is 3.79 Å². The summed E-state index contributed by atoms with van der Waals surface area (Å²) in [5, 5.41) is 9.66. The van der Waals surface area contributed by atoms with Gasteiger partial charge in [0.05, 0.1) is 20.3 Å². The molecule has 1 amide bonds. The summed E-state index contributed by atoms with van der Waals surface area (Å²) in [5.74, 6) is -0.217. The molecular weight excluding hydrogens is 376 g/mol. The predicted octanol–water partition coefficient (Wildman–Crippen LogP) is 2.65. The number of nitrogens with one attached hydrogen (secondary N) is 1. The van der Waals surface area contributed by atoms with Gasteiger partial charge in [-0.3, -0.25) is 4.79 Å². The second-order valence-corrected chi connectivity index (χ2v) is 8.30. The highest BCUT2D eigenvalue weighted by Crippen LogP contribution is 2.22. The first-order valence-electron chi connectivity index (χ1n) is 5.95. The molecule has 1 aromatic carbocycles. The largest absolute Gasteiger partial charge is 0.345 e. The summed E-state index contributed by atoms with van der Waals surface area (Å²) in [6.45, 7) is 1.78. The van der Waals surface area contributed by atoms with Crippen molar-refractivity contribution >= 4 is 43.2 Å². The number of sulfonamides is 1. The van der Waals surface area contributed by atoms with Crippen molar-refractivity contribution in [1.82, 2.24) is 5.32 Å². The van der Waals surface area contributed by atoms with Crippen molar-refractivity contribution in [2.24, 2.45) is 5.14 Å². The summed E-state index contributed by atoms with van der Waals surface area (Å²) < 4.78 is 23.6. The molecule has 1 heterocycles. The number of hydrogen-bond acceptors (Lipinski definition) is 4. The van der Waals surface area contributed by atoms with Gasteiger partial charge in [0.25, 0.3) is 5.91 Å². The van der Waals surface area contributed by atoms with E-state index < -0.39 is 10.0 Å². The molecule has 0 radical (unpaired) electrons. The molecule has 1 atom stereocenters. The molecule has 0 saturated heterocycles. The molecule has 8 heteroatoms. The van der Waals surface area contributed by atoms with Gasteiger partial charge in [-0.1, -0.05) is 12.1 Å². The molecule has 0 spiro atoms. The van der Waals surface area contributed by atoms with Crippen LogP contribution in [0.2, 0.25) is 0 Å². The number of thiophene rings is 1. The summed E-state index contributed by atoms with van der Waals surface area (Å²) >= 11 is 4.72. The average molecular weight is 389 g/mol. The summed E-state index contributed by atoms with van der Waals surface area (Å²) in [4.78, 5) is 12.1. The first-order chi connectivity index (χ1) is 9.77. The maximum atomic E-state index is 12.1. The Balaban J connectivity index is 2.17. The SMILES string of the molecule is CC(NC(=O)c1csc(Br)c1)c1cccc(S(N)(=O)=O)c1. The van der Waals surface area contributed by atoms with Crippen LogP contribution in [-0.2, 0) is 10.0 Å². The van der Waals surface area contributed by atoms with Crippen LogP contribution in [0, 0.1) is 0 Å². The van der Waals surface area contributed by atoms with Gasteiger partial charge in [0.2, 0.25) is 10.0 Å². The minimum Gasteiger partial charge on any atom is -0.345 e. The van der Waals surface area contributed by atoms with Gasteiger partial charge in [-0.05, 0) is 46.6 Å². The molecule has 2 rings (SSSR count). The molecule has 0 fully saturated rings. The second-order valence-electron chi connectivity index (χ2n) is 4.45. The lowest BCUT2D eigenvalue weighted by atomic mass is 10.1. The van der Waals surface area contributed by atoms with Crippen LogP contribution in [0.25, 0.3) is 0 Å². The van der Waals surface area contributed by atoms with Crippen molar-refractivity contribution < 1.29 is 13.2 Å². The summed E-state index contributed by atoms with van der Waals surface area (Å²) in [6, 6.07) is 7.61. The van der Waals surface area contributed by atoms with Crippen LogP contribution in [0.5, 0.6) is 0 Å². The van der Waals surface area contributed by atoms with Crippen LogP contribution >= 0.6 is 27.3 Å². The van der Waals surface area contributed by atoms with E-state index in [1.54, 1.807) is 30.5 Å². The topological polar surface area (TPSA) is 89.3 Å². The lowest BCUT2D eigenvalue weighted by Crippen LogP contribution is -2.26. The van der Waals surface area contributed by atoms with E-state index in [-0.39, 0.29) is 16.8 Å². The quantitative estimate of drug-likeness (QED) is 0.843. The van der Waals surface area contributed by atoms with Crippen LogP contribution in [-0.4, -0.2) is 14.3 Å². The summed E-state index contributed by atoms with van der Waals surface area (Å²) in [7, 11) is -3.75. The molecule has 21 heavy (non-hydrogen) atoms. The highest BCUT2D eigenvalue weighted by atomic mass is 79.9. The smallest absolute Gasteiger partial charge is 0.252 e. The highest BCUT2D eigenvalue weighted by molar-refractivity contribution is 9.11. The van der Waals surface area contributed by atoms with Gasteiger partial charge >= 0.3 is 0 Å². The minimum absolute atomic E-state index is 0.0272. The number of benzene rings is 1. The average Bonchev–Trinajstić information content (AvgIpc) is 2.84. The molecule has 0 aliphatic carbocycles. The summed E-state index contributed by atoms with van der Waals surface area (Å²) in [6.07, 6.45) is 0. The molecule has 0 bridgehead atoms. The molecule has 1 aromatic heterocycles. The molecule has 2 aromatic rings. The lowest BCUT2D eigenvalue weighted by Gasteiger charge is -2.14. The van der Waals surface area contributed by atoms with E-state index in [9.17, 15) is 13.2 Å². The van der Waals surface area contributed by atoms with E-state index in [4.69, 9.17) is 5.14 Å². The number of rotatable bonds is 4. The van der Waals surface area contributed by atoms with E-state index in [1.165, 1.54) is 23.5 Å². The van der Waals surface area contributed by atoms with Crippen LogP contribution in [0.15, 0.2) is 44.4 Å². The molecule has 0 aliphatic heterocycles. The zero-order valence-corrected chi connectivity index (χ0v) is 14.3. The van der Waals surface area contributed by atoms with Crippen molar-refractivity contribution in [1.29, 1.82) is 0 Å². The Kier molecular flexibility index (Phi) is 4.82. The maximum Gasteiger partial charge on any atom is 0.252 e. The maximum absolute atomic E-state index is 12.1. The predicted molar refractivity (Wildman–Crippen MR) is 85.7 cm³/mol. The minimum atomic E-state index is -3.75. The number of amides is 1. The van der Waals surface area contributed by atoms with Crippen LogP contribution < -0.4 is 10.5 Å². The van der Waals surface area contributed by atoms with E-state index in [0.29, 0.717) is 11.1 Å². The molecule has 0 aliphatic rings. The fraction of sp³-hybridized carbons (Fsp3) is 0.154. The van der Waals surface area contributed by atoms with Gasteiger partial charge in [0.15, 0.2) is 0 Å². The first kappa shape index (κ1) is 16.2. The summed E-state index contributed by atoms with van der Waals surface area (Å²) in [5.41, 5.74) is 1.23. The number of halogens is 1. The van der Waals surface area contributed by atoms with Gasteiger partial charge in [-0.25, -0.2) is 13.6 Å². The molecular formula is C13H13BrN2O3S2. The normalized spacial score (nSPS) is 12.9. The monoisotopic (exact) mass is 388 g/mol. The Bertz CT molecular complexity index is 771. The molecule has 5 nitrogen and oxygen atoms in total. The first-order valence-corrected chi connectivity index (χ1v) is 9.17. The zero-order valence-electron chi connectivity index (χ0n) is 11.0. The Morgan fingerprint density at radius 3 is 2.67 bits per heavy atom. The van der Waals surface area contributed by atoms with E-state index >= 15 is 0 Å². The third kappa shape index (κ3) is 4.13. The van der Waals surface area contributed by atoms with Crippen molar-refractivity contribution in [3.8, 4) is 0 Å². The fourth-order valence-corrected chi connectivity index (χ4v) is 3.46. The number of nitrogens with two attached hydrogens (primary N) is 1. The zero-order chi connectivity index (χ0) is 15.6. The van der Waals surface area contributed by atoms with Gasteiger partial charge in [-0.2, -0.15) is 0 Å². The molecule has 112 valence electrons. The Morgan fingerprint density at radius 2 is 2.10 bits per heavy atom. The van der Waals surface area contributed by atoms with Crippen molar-refractivity contribution in [3.63, 3.8) is 0 Å². The van der Waals surface area contributed by atoms with Gasteiger partial charge in [-0.15, -0.1) is 11.3 Å². The Hall–Kier alpha value is -1.22. The number of carbonyl (C=O) groups is 1.